The first-order valence-corrected chi connectivity index (χ1v) is 8.92. The molecule has 5 nitrogen and oxygen atoms in total. The van der Waals surface area contributed by atoms with E-state index in [0.29, 0.717) is 18.3 Å². The molecule has 3 heterocycles. The average Bonchev–Trinajstić information content (AvgIpc) is 3.03. The summed E-state index contributed by atoms with van der Waals surface area (Å²) in [6.45, 7) is 7.68. The highest BCUT2D eigenvalue weighted by molar-refractivity contribution is 7.15. The molecule has 22 heavy (non-hydrogen) atoms. The van der Waals surface area contributed by atoms with Gasteiger partial charge in [0, 0.05) is 17.2 Å². The molecule has 0 aliphatic carbocycles. The molecule has 0 radical (unpaired) electrons. The minimum atomic E-state index is -0.0715. The van der Waals surface area contributed by atoms with Crippen molar-refractivity contribution in [2.24, 2.45) is 0 Å². The summed E-state index contributed by atoms with van der Waals surface area (Å²) in [6, 6.07) is 0. The van der Waals surface area contributed by atoms with Crippen LogP contribution in [0.25, 0.3) is 0 Å². The number of nitrogens with zero attached hydrogens (tertiary/aromatic N) is 2. The van der Waals surface area contributed by atoms with Gasteiger partial charge in [-0.05, 0) is 0 Å². The van der Waals surface area contributed by atoms with Gasteiger partial charge in [-0.15, -0.1) is 11.3 Å². The van der Waals surface area contributed by atoms with Gasteiger partial charge in [0.25, 0.3) is 0 Å². The number of anilines is 1. The van der Waals surface area contributed by atoms with Crippen molar-refractivity contribution < 1.29 is 9.53 Å². The maximum Gasteiger partial charge on any atom is 0.232 e. The molecule has 2 aromatic heterocycles. The molecule has 0 unspecified atom stereocenters. The molecule has 7 heteroatoms. The van der Waals surface area contributed by atoms with Crippen LogP contribution in [0.5, 0.6) is 0 Å². The van der Waals surface area contributed by atoms with Gasteiger partial charge in [-0.2, -0.15) is 0 Å². The van der Waals surface area contributed by atoms with Gasteiger partial charge in [-0.25, -0.2) is 9.97 Å². The third-order valence-electron chi connectivity index (χ3n) is 3.28. The lowest BCUT2D eigenvalue weighted by Crippen LogP contribution is -2.15. The number of carbonyl (C=O) groups is 1. The van der Waals surface area contributed by atoms with E-state index in [9.17, 15) is 4.79 Å². The minimum Gasteiger partial charge on any atom is -0.375 e. The van der Waals surface area contributed by atoms with Crippen LogP contribution < -0.4 is 5.32 Å². The van der Waals surface area contributed by atoms with Crippen LogP contribution in [0, 0.1) is 0 Å². The van der Waals surface area contributed by atoms with Crippen molar-refractivity contribution in [3.8, 4) is 0 Å². The largest absolute Gasteiger partial charge is 0.375 e. The number of ether oxygens (including phenoxy) is 1. The van der Waals surface area contributed by atoms with E-state index < -0.39 is 0 Å². The Kier molecular flexibility index (Phi) is 4.29. The summed E-state index contributed by atoms with van der Waals surface area (Å²) in [7, 11) is 0. The van der Waals surface area contributed by atoms with E-state index in [2.05, 4.69) is 36.1 Å². The molecule has 1 aliphatic heterocycles. The number of nitrogens with one attached hydrogen (secondary N) is 1. The number of rotatable bonds is 3. The lowest BCUT2D eigenvalue weighted by Gasteiger charge is -2.13. The highest BCUT2D eigenvalue weighted by Gasteiger charge is 2.20. The van der Waals surface area contributed by atoms with Crippen LogP contribution in [0.2, 0.25) is 0 Å². The highest BCUT2D eigenvalue weighted by Crippen LogP contribution is 2.28. The summed E-state index contributed by atoms with van der Waals surface area (Å²) >= 11 is 3.10. The summed E-state index contributed by atoms with van der Waals surface area (Å²) in [5.74, 6) is -0.0715. The fourth-order valence-corrected chi connectivity index (χ4v) is 4.01. The van der Waals surface area contributed by atoms with Crippen LogP contribution in [0.1, 0.15) is 42.0 Å². The first kappa shape index (κ1) is 15.6. The van der Waals surface area contributed by atoms with Crippen LogP contribution in [0.15, 0.2) is 5.38 Å². The Morgan fingerprint density at radius 1 is 1.41 bits per heavy atom. The Hall–Kier alpha value is -1.31. The Morgan fingerprint density at radius 3 is 2.91 bits per heavy atom. The Balaban J connectivity index is 1.63. The SMILES string of the molecule is CC(C)(C)c1nc(CC(=O)Nc2nc3c(s2)COCC3)cs1. The van der Waals surface area contributed by atoms with Gasteiger partial charge < -0.3 is 10.1 Å². The zero-order valence-corrected chi connectivity index (χ0v) is 14.6. The fraction of sp³-hybridized carbons (Fsp3) is 0.533. The Labute approximate surface area is 137 Å². The molecular formula is C15H19N3O2S2. The zero-order valence-electron chi connectivity index (χ0n) is 12.9. The minimum absolute atomic E-state index is 0.0216. The number of fused-ring (bicyclic) bond motifs is 1. The number of thiazole rings is 2. The molecule has 2 aromatic rings. The molecule has 118 valence electrons. The standard InChI is InChI=1S/C15H19N3O2S2/c1-15(2,3)13-16-9(8-21-13)6-12(19)18-14-17-10-4-5-20-7-11(10)22-14/h8H,4-7H2,1-3H3,(H,17,18,19). The second-order valence-electron chi connectivity index (χ2n) is 6.31. The Morgan fingerprint density at radius 2 is 2.23 bits per heavy atom. The summed E-state index contributed by atoms with van der Waals surface area (Å²) < 4.78 is 5.39. The van der Waals surface area contributed by atoms with Crippen LogP contribution in [-0.2, 0) is 34.4 Å². The molecule has 1 aliphatic rings. The molecule has 0 saturated heterocycles. The van der Waals surface area contributed by atoms with Crippen LogP contribution >= 0.6 is 22.7 Å². The summed E-state index contributed by atoms with van der Waals surface area (Å²) in [4.78, 5) is 22.3. The fourth-order valence-electron chi connectivity index (χ4n) is 2.14. The predicted octanol–water partition coefficient (Wildman–Crippen LogP) is 3.15. The van der Waals surface area contributed by atoms with Gasteiger partial charge in [-0.1, -0.05) is 32.1 Å². The number of aromatic nitrogens is 2. The first-order valence-electron chi connectivity index (χ1n) is 7.23. The third-order valence-corrected chi connectivity index (χ3v) is 5.58. The normalized spacial score (nSPS) is 14.7. The van der Waals surface area contributed by atoms with E-state index in [4.69, 9.17) is 4.74 Å². The summed E-state index contributed by atoms with van der Waals surface area (Å²) in [5.41, 5.74) is 1.89. The van der Waals surface area contributed by atoms with Crippen molar-refractivity contribution in [2.45, 2.75) is 45.6 Å². The second-order valence-corrected chi connectivity index (χ2v) is 8.25. The maximum absolute atomic E-state index is 12.1. The van der Waals surface area contributed by atoms with Crippen LogP contribution in [0.3, 0.4) is 0 Å². The van der Waals surface area contributed by atoms with Gasteiger partial charge in [0.1, 0.15) is 0 Å². The molecular weight excluding hydrogens is 318 g/mol. The van der Waals surface area contributed by atoms with Gasteiger partial charge in [-0.3, -0.25) is 4.79 Å². The molecule has 0 spiro atoms. The highest BCUT2D eigenvalue weighted by atomic mass is 32.1. The molecule has 0 saturated carbocycles. The average molecular weight is 337 g/mol. The van der Waals surface area contributed by atoms with E-state index in [0.717, 1.165) is 27.7 Å². The first-order chi connectivity index (χ1) is 10.4. The molecule has 1 N–H and O–H groups in total. The van der Waals surface area contributed by atoms with Gasteiger partial charge >= 0.3 is 0 Å². The predicted molar refractivity (Wildman–Crippen MR) is 88.6 cm³/mol. The lowest BCUT2D eigenvalue weighted by atomic mass is 9.98. The lowest BCUT2D eigenvalue weighted by molar-refractivity contribution is -0.115. The quantitative estimate of drug-likeness (QED) is 0.934. The summed E-state index contributed by atoms with van der Waals surface area (Å²) in [6.07, 6.45) is 1.11. The number of amides is 1. The van der Waals surface area contributed by atoms with Crippen molar-refractivity contribution in [3.05, 3.63) is 26.7 Å². The zero-order chi connectivity index (χ0) is 15.7. The van der Waals surface area contributed by atoms with Crippen molar-refractivity contribution in [3.63, 3.8) is 0 Å². The van der Waals surface area contributed by atoms with Crippen LogP contribution in [0.4, 0.5) is 5.13 Å². The topological polar surface area (TPSA) is 64.1 Å². The summed E-state index contributed by atoms with van der Waals surface area (Å²) in [5, 5.41) is 6.54. The van der Waals surface area contributed by atoms with Gasteiger partial charge in [0.15, 0.2) is 5.13 Å². The van der Waals surface area contributed by atoms with E-state index in [-0.39, 0.29) is 17.7 Å². The third kappa shape index (κ3) is 3.53. The van der Waals surface area contributed by atoms with Crippen molar-refractivity contribution in [1.82, 2.24) is 9.97 Å². The second kappa shape index (κ2) is 6.06. The molecule has 0 bridgehead atoms. The van der Waals surface area contributed by atoms with Gasteiger partial charge in [0.05, 0.1) is 40.9 Å². The Bertz CT molecular complexity index is 662. The molecule has 0 atom stereocenters. The number of carbonyl (C=O) groups excluding carboxylic acids is 1. The molecule has 3 rings (SSSR count). The number of hydrogen-bond donors (Lipinski definition) is 1. The van der Waals surface area contributed by atoms with E-state index in [1.165, 1.54) is 11.3 Å². The van der Waals surface area contributed by atoms with E-state index in [1.54, 1.807) is 11.3 Å². The smallest absolute Gasteiger partial charge is 0.232 e. The number of hydrogen-bond acceptors (Lipinski definition) is 6. The maximum atomic E-state index is 12.1. The molecule has 0 aromatic carbocycles. The van der Waals surface area contributed by atoms with E-state index in [1.807, 2.05) is 5.38 Å². The van der Waals surface area contributed by atoms with Gasteiger partial charge in [0.2, 0.25) is 5.91 Å². The van der Waals surface area contributed by atoms with Crippen molar-refractivity contribution in [1.29, 1.82) is 0 Å². The van der Waals surface area contributed by atoms with E-state index >= 15 is 0 Å². The molecule has 1 amide bonds. The monoisotopic (exact) mass is 337 g/mol. The van der Waals surface area contributed by atoms with Crippen LogP contribution in [-0.4, -0.2) is 22.5 Å². The van der Waals surface area contributed by atoms with Crippen molar-refractivity contribution in [2.75, 3.05) is 11.9 Å². The molecule has 0 fully saturated rings. The van der Waals surface area contributed by atoms with Crippen molar-refractivity contribution >= 4 is 33.7 Å².